The van der Waals surface area contributed by atoms with Crippen molar-refractivity contribution in [2.24, 2.45) is 0 Å². The Kier molecular flexibility index (Phi) is 3.40. The van der Waals surface area contributed by atoms with Gasteiger partial charge in [-0.1, -0.05) is 0 Å². The van der Waals surface area contributed by atoms with Gasteiger partial charge >= 0.3 is 0 Å². The summed E-state index contributed by atoms with van der Waals surface area (Å²) in [4.78, 5) is 9.42. The SMILES string of the molecule is c1cnc2c(c1)nc(C1CCSC1)n2CC1CCCO1. The number of rotatable bonds is 3. The summed E-state index contributed by atoms with van der Waals surface area (Å²) in [7, 11) is 0. The number of imidazole rings is 1. The van der Waals surface area contributed by atoms with Crippen molar-refractivity contribution in [1.29, 1.82) is 0 Å². The van der Waals surface area contributed by atoms with Crippen LogP contribution in [-0.2, 0) is 11.3 Å². The summed E-state index contributed by atoms with van der Waals surface area (Å²) in [5, 5.41) is 0. The van der Waals surface area contributed by atoms with E-state index in [0.717, 1.165) is 30.7 Å². The molecule has 4 rings (SSSR count). The molecule has 2 aliphatic heterocycles. The van der Waals surface area contributed by atoms with Crippen LogP contribution in [0.5, 0.6) is 0 Å². The first-order valence-electron chi connectivity index (χ1n) is 7.42. The zero-order valence-electron chi connectivity index (χ0n) is 11.5. The highest BCUT2D eigenvalue weighted by Gasteiger charge is 2.26. The molecule has 0 radical (unpaired) electrons. The molecule has 0 spiro atoms. The number of thioether (sulfide) groups is 1. The first kappa shape index (κ1) is 12.7. The summed E-state index contributed by atoms with van der Waals surface area (Å²) >= 11 is 2.03. The fourth-order valence-corrected chi connectivity index (χ4v) is 4.42. The van der Waals surface area contributed by atoms with Crippen molar-refractivity contribution in [3.8, 4) is 0 Å². The molecule has 2 aromatic rings. The lowest BCUT2D eigenvalue weighted by molar-refractivity contribution is 0.0969. The molecule has 2 aliphatic rings. The lowest BCUT2D eigenvalue weighted by Gasteiger charge is -2.16. The standard InChI is InChI=1S/C15H19N3OS/c1-4-13-15(16-6-1)18(9-12-3-2-7-19-12)14(17-13)11-5-8-20-10-11/h1,4,6,11-12H,2-3,5,7-10H2. The minimum absolute atomic E-state index is 0.335. The van der Waals surface area contributed by atoms with Crippen LogP contribution in [0.4, 0.5) is 0 Å². The van der Waals surface area contributed by atoms with Gasteiger partial charge in [0, 0.05) is 24.5 Å². The lowest BCUT2D eigenvalue weighted by atomic mass is 10.1. The molecule has 106 valence electrons. The first-order chi connectivity index (χ1) is 9.92. The second-order valence-corrected chi connectivity index (χ2v) is 6.77. The molecule has 0 amide bonds. The molecule has 0 aliphatic carbocycles. The van der Waals surface area contributed by atoms with E-state index in [1.165, 1.54) is 30.2 Å². The molecule has 4 nitrogen and oxygen atoms in total. The van der Waals surface area contributed by atoms with E-state index in [9.17, 15) is 0 Å². The summed E-state index contributed by atoms with van der Waals surface area (Å²) in [6, 6.07) is 4.04. The molecule has 2 atom stereocenters. The van der Waals surface area contributed by atoms with Crippen molar-refractivity contribution in [2.75, 3.05) is 18.1 Å². The van der Waals surface area contributed by atoms with Crippen LogP contribution in [0.15, 0.2) is 18.3 Å². The predicted molar refractivity (Wildman–Crippen MR) is 81.2 cm³/mol. The van der Waals surface area contributed by atoms with Crippen molar-refractivity contribution in [2.45, 2.75) is 37.8 Å². The van der Waals surface area contributed by atoms with E-state index < -0.39 is 0 Å². The van der Waals surface area contributed by atoms with E-state index in [2.05, 4.69) is 15.6 Å². The van der Waals surface area contributed by atoms with Crippen LogP contribution in [0.2, 0.25) is 0 Å². The fourth-order valence-electron chi connectivity index (χ4n) is 3.20. The molecular formula is C15H19N3OS. The summed E-state index contributed by atoms with van der Waals surface area (Å²) in [6.07, 6.45) is 5.77. The molecule has 2 aromatic heterocycles. The molecular weight excluding hydrogens is 270 g/mol. The van der Waals surface area contributed by atoms with Gasteiger partial charge in [-0.05, 0) is 37.1 Å². The van der Waals surface area contributed by atoms with E-state index >= 15 is 0 Å². The molecule has 2 unspecified atom stereocenters. The van der Waals surface area contributed by atoms with Gasteiger partial charge in [-0.2, -0.15) is 11.8 Å². The first-order valence-corrected chi connectivity index (χ1v) is 8.58. The molecule has 0 saturated carbocycles. The zero-order valence-corrected chi connectivity index (χ0v) is 12.3. The van der Waals surface area contributed by atoms with Gasteiger partial charge in [0.1, 0.15) is 11.3 Å². The minimum atomic E-state index is 0.335. The maximum Gasteiger partial charge on any atom is 0.160 e. The number of nitrogens with zero attached hydrogens (tertiary/aromatic N) is 3. The van der Waals surface area contributed by atoms with Crippen molar-refractivity contribution in [3.05, 3.63) is 24.2 Å². The number of fused-ring (bicyclic) bond motifs is 1. The number of hydrogen-bond acceptors (Lipinski definition) is 4. The average Bonchev–Trinajstić information content (AvgIpc) is 3.19. The van der Waals surface area contributed by atoms with Gasteiger partial charge in [-0.15, -0.1) is 0 Å². The van der Waals surface area contributed by atoms with E-state index in [4.69, 9.17) is 9.72 Å². The Bertz CT molecular complexity index is 600. The Morgan fingerprint density at radius 3 is 3.20 bits per heavy atom. The van der Waals surface area contributed by atoms with Crippen molar-refractivity contribution < 1.29 is 4.74 Å². The molecule has 2 saturated heterocycles. The van der Waals surface area contributed by atoms with Gasteiger partial charge in [-0.3, -0.25) is 0 Å². The van der Waals surface area contributed by atoms with Gasteiger partial charge in [0.05, 0.1) is 12.6 Å². The third-order valence-corrected chi connectivity index (χ3v) is 5.40. The number of aromatic nitrogens is 3. The third kappa shape index (κ3) is 2.23. The van der Waals surface area contributed by atoms with E-state index in [1.54, 1.807) is 0 Å². The van der Waals surface area contributed by atoms with Crippen LogP contribution in [0.3, 0.4) is 0 Å². The topological polar surface area (TPSA) is 39.9 Å². The monoisotopic (exact) mass is 289 g/mol. The largest absolute Gasteiger partial charge is 0.376 e. The van der Waals surface area contributed by atoms with E-state index in [-0.39, 0.29) is 0 Å². The number of hydrogen-bond donors (Lipinski definition) is 0. The Morgan fingerprint density at radius 1 is 1.40 bits per heavy atom. The van der Waals surface area contributed by atoms with Crippen LogP contribution >= 0.6 is 11.8 Å². The Hall–Kier alpha value is -1.07. The lowest BCUT2D eigenvalue weighted by Crippen LogP contribution is -2.19. The van der Waals surface area contributed by atoms with Crippen molar-refractivity contribution in [3.63, 3.8) is 0 Å². The molecule has 20 heavy (non-hydrogen) atoms. The highest BCUT2D eigenvalue weighted by atomic mass is 32.2. The van der Waals surface area contributed by atoms with Gasteiger partial charge in [0.25, 0.3) is 0 Å². The number of pyridine rings is 1. The van der Waals surface area contributed by atoms with Gasteiger partial charge < -0.3 is 9.30 Å². The van der Waals surface area contributed by atoms with Crippen LogP contribution in [0.1, 0.15) is 31.0 Å². The molecule has 0 aromatic carbocycles. The highest BCUT2D eigenvalue weighted by Crippen LogP contribution is 2.33. The zero-order chi connectivity index (χ0) is 13.4. The maximum absolute atomic E-state index is 5.81. The Labute approximate surface area is 122 Å². The maximum atomic E-state index is 5.81. The Morgan fingerprint density at radius 2 is 2.40 bits per heavy atom. The summed E-state index contributed by atoms with van der Waals surface area (Å²) < 4.78 is 8.13. The second kappa shape index (κ2) is 5.37. The molecule has 0 N–H and O–H groups in total. The third-order valence-electron chi connectivity index (χ3n) is 4.24. The molecule has 5 heteroatoms. The van der Waals surface area contributed by atoms with Gasteiger partial charge in [0.15, 0.2) is 5.65 Å². The number of ether oxygens (including phenoxy) is 1. The predicted octanol–water partition coefficient (Wildman–Crippen LogP) is 2.83. The quantitative estimate of drug-likeness (QED) is 0.871. The second-order valence-electron chi connectivity index (χ2n) is 5.62. The summed E-state index contributed by atoms with van der Waals surface area (Å²) in [5.74, 6) is 4.24. The van der Waals surface area contributed by atoms with Crippen molar-refractivity contribution >= 4 is 22.9 Å². The fraction of sp³-hybridized carbons (Fsp3) is 0.600. The normalized spacial score (nSPS) is 26.6. The van der Waals surface area contributed by atoms with Gasteiger partial charge in [0.2, 0.25) is 0 Å². The Balaban J connectivity index is 1.75. The minimum Gasteiger partial charge on any atom is -0.376 e. The highest BCUT2D eigenvalue weighted by molar-refractivity contribution is 7.99. The molecule has 0 bridgehead atoms. The van der Waals surface area contributed by atoms with Crippen LogP contribution in [-0.4, -0.2) is 38.8 Å². The average molecular weight is 289 g/mol. The van der Waals surface area contributed by atoms with Crippen molar-refractivity contribution in [1.82, 2.24) is 14.5 Å². The van der Waals surface area contributed by atoms with Crippen LogP contribution in [0.25, 0.3) is 11.2 Å². The molecule has 2 fully saturated rings. The summed E-state index contributed by atoms with van der Waals surface area (Å²) in [6.45, 7) is 1.81. The summed E-state index contributed by atoms with van der Waals surface area (Å²) in [5.41, 5.74) is 2.05. The van der Waals surface area contributed by atoms with Gasteiger partial charge in [-0.25, -0.2) is 9.97 Å². The van der Waals surface area contributed by atoms with Crippen LogP contribution in [0, 0.1) is 0 Å². The van der Waals surface area contributed by atoms with E-state index in [0.29, 0.717) is 12.0 Å². The van der Waals surface area contributed by atoms with E-state index in [1.807, 2.05) is 24.0 Å². The molecule has 4 heterocycles. The van der Waals surface area contributed by atoms with Crippen LogP contribution < -0.4 is 0 Å². The smallest absolute Gasteiger partial charge is 0.160 e.